The summed E-state index contributed by atoms with van der Waals surface area (Å²) in [5, 5.41) is 6.51. The molecule has 1 aliphatic heterocycles. The first-order chi connectivity index (χ1) is 14.3. The van der Waals surface area contributed by atoms with E-state index in [1.54, 1.807) is 12.4 Å². The van der Waals surface area contributed by atoms with E-state index in [2.05, 4.69) is 25.6 Å². The average Bonchev–Trinajstić information content (AvgIpc) is 3.31. The number of fused-ring (bicyclic) bond motifs is 1. The van der Waals surface area contributed by atoms with Gasteiger partial charge in [-0.2, -0.15) is 13.2 Å². The second-order valence-electron chi connectivity index (χ2n) is 6.88. The van der Waals surface area contributed by atoms with Crippen molar-refractivity contribution < 1.29 is 18.0 Å². The molecule has 0 fully saturated rings. The largest absolute Gasteiger partial charge is 0.433 e. The summed E-state index contributed by atoms with van der Waals surface area (Å²) in [6, 6.07) is 3.93. The van der Waals surface area contributed by atoms with Crippen LogP contribution in [0.1, 0.15) is 16.8 Å². The first-order valence-electron chi connectivity index (χ1n) is 9.04. The summed E-state index contributed by atoms with van der Waals surface area (Å²) in [5.41, 5.74) is 7.52. The van der Waals surface area contributed by atoms with Crippen molar-refractivity contribution in [1.29, 1.82) is 0 Å². The Hall–Kier alpha value is -3.05. The van der Waals surface area contributed by atoms with Crippen LogP contribution in [0, 0.1) is 0 Å². The van der Waals surface area contributed by atoms with E-state index in [4.69, 9.17) is 5.73 Å². The van der Waals surface area contributed by atoms with Crippen molar-refractivity contribution in [2.45, 2.75) is 25.1 Å². The fourth-order valence-electron chi connectivity index (χ4n) is 3.04. The number of anilines is 2. The Labute approximate surface area is 173 Å². The van der Waals surface area contributed by atoms with E-state index < -0.39 is 11.9 Å². The topological polar surface area (TPSA) is 106 Å². The normalized spacial score (nSPS) is 14.3. The number of thiazole rings is 1. The van der Waals surface area contributed by atoms with Crippen molar-refractivity contribution in [2.75, 3.05) is 17.2 Å². The molecule has 0 bridgehead atoms. The Balaban J connectivity index is 1.33. The summed E-state index contributed by atoms with van der Waals surface area (Å²) < 4.78 is 37.7. The van der Waals surface area contributed by atoms with Gasteiger partial charge in [0, 0.05) is 42.3 Å². The van der Waals surface area contributed by atoms with Crippen LogP contribution in [-0.4, -0.2) is 33.4 Å². The van der Waals surface area contributed by atoms with Crippen LogP contribution in [-0.2, 0) is 23.8 Å². The van der Waals surface area contributed by atoms with Crippen molar-refractivity contribution in [3.8, 4) is 10.4 Å². The third-order valence-corrected chi connectivity index (χ3v) is 5.50. The first kappa shape index (κ1) is 20.2. The fraction of sp³-hybridized carbons (Fsp3) is 0.263. The molecule has 4 rings (SSSR count). The maximum absolute atomic E-state index is 12.6. The molecule has 0 aromatic carbocycles. The van der Waals surface area contributed by atoms with Gasteiger partial charge in [0.1, 0.15) is 11.5 Å². The molecule has 30 heavy (non-hydrogen) atoms. The smallest absolute Gasteiger partial charge is 0.360 e. The molecule has 4 N–H and O–H groups in total. The predicted octanol–water partition coefficient (Wildman–Crippen LogP) is 3.10. The number of nitrogens with two attached hydrogens (primary N) is 1. The minimum absolute atomic E-state index is 0.0708. The molecule has 0 saturated heterocycles. The summed E-state index contributed by atoms with van der Waals surface area (Å²) in [7, 11) is 0. The molecular weight excluding hydrogens is 417 g/mol. The van der Waals surface area contributed by atoms with Gasteiger partial charge in [0.25, 0.3) is 0 Å². The van der Waals surface area contributed by atoms with E-state index in [1.165, 1.54) is 23.6 Å². The average molecular weight is 434 g/mol. The molecule has 0 saturated carbocycles. The van der Waals surface area contributed by atoms with Crippen LogP contribution >= 0.6 is 11.3 Å². The highest BCUT2D eigenvalue weighted by atomic mass is 32.1. The molecule has 0 unspecified atom stereocenters. The summed E-state index contributed by atoms with van der Waals surface area (Å²) >= 11 is 1.42. The summed E-state index contributed by atoms with van der Waals surface area (Å²) in [6.07, 6.45) is 0.840. The number of aromatic nitrogens is 3. The number of carbonyl (C=O) groups is 1. The minimum atomic E-state index is -4.45. The number of carbonyl (C=O) groups excluding carboxylic acids is 1. The molecule has 7 nitrogen and oxygen atoms in total. The highest BCUT2D eigenvalue weighted by Crippen LogP contribution is 2.32. The van der Waals surface area contributed by atoms with Gasteiger partial charge in [0.2, 0.25) is 5.91 Å². The molecule has 11 heteroatoms. The van der Waals surface area contributed by atoms with Crippen LogP contribution in [0.2, 0.25) is 0 Å². The number of nitrogens with one attached hydrogen (secondary N) is 2. The summed E-state index contributed by atoms with van der Waals surface area (Å²) in [4.78, 5) is 24.4. The third-order valence-electron chi connectivity index (χ3n) is 4.49. The second-order valence-corrected chi connectivity index (χ2v) is 7.91. The lowest BCUT2D eigenvalue weighted by molar-refractivity contribution is -0.141. The van der Waals surface area contributed by atoms with Crippen LogP contribution in [0.4, 0.5) is 24.1 Å². The van der Waals surface area contributed by atoms with Crippen LogP contribution in [0.15, 0.2) is 36.8 Å². The lowest BCUT2D eigenvalue weighted by Crippen LogP contribution is -2.31. The number of nitrogens with zero attached hydrogens (tertiary/aromatic N) is 3. The van der Waals surface area contributed by atoms with Gasteiger partial charge in [-0.05, 0) is 24.1 Å². The molecular formula is C19H17F3N6OS. The van der Waals surface area contributed by atoms with Crippen molar-refractivity contribution in [3.63, 3.8) is 0 Å². The molecule has 1 amide bonds. The van der Waals surface area contributed by atoms with Gasteiger partial charge in [0.05, 0.1) is 11.3 Å². The Morgan fingerprint density at radius 3 is 2.77 bits per heavy atom. The summed E-state index contributed by atoms with van der Waals surface area (Å²) in [5.74, 6) is 0.522. The molecule has 3 aromatic rings. The molecule has 0 aliphatic carbocycles. The van der Waals surface area contributed by atoms with Gasteiger partial charge >= 0.3 is 6.18 Å². The first-order valence-corrected chi connectivity index (χ1v) is 9.86. The van der Waals surface area contributed by atoms with Gasteiger partial charge < -0.3 is 16.4 Å². The summed E-state index contributed by atoms with van der Waals surface area (Å²) in [6.45, 7) is 0.398. The molecule has 4 heterocycles. The van der Waals surface area contributed by atoms with Crippen LogP contribution in [0.5, 0.6) is 0 Å². The molecule has 0 spiro atoms. The maximum atomic E-state index is 12.6. The quantitative estimate of drug-likeness (QED) is 0.551. The van der Waals surface area contributed by atoms with Crippen molar-refractivity contribution in [2.24, 2.45) is 5.73 Å². The van der Waals surface area contributed by atoms with Crippen LogP contribution < -0.4 is 16.4 Å². The van der Waals surface area contributed by atoms with Crippen molar-refractivity contribution in [3.05, 3.63) is 53.6 Å². The molecule has 0 radical (unpaired) electrons. The Bertz CT molecular complexity index is 1070. The zero-order chi connectivity index (χ0) is 21.3. The maximum Gasteiger partial charge on any atom is 0.433 e. The van der Waals surface area contributed by atoms with Gasteiger partial charge in [-0.15, -0.1) is 0 Å². The van der Waals surface area contributed by atoms with Crippen LogP contribution in [0.3, 0.4) is 0 Å². The molecule has 1 atom stereocenters. The van der Waals surface area contributed by atoms with Gasteiger partial charge in [0.15, 0.2) is 5.13 Å². The number of alkyl halides is 3. The Morgan fingerprint density at radius 2 is 2.03 bits per heavy atom. The van der Waals surface area contributed by atoms with E-state index in [9.17, 15) is 18.0 Å². The standard InChI is InChI=1S/C19H17F3N6OS/c20-19(21,22)15-2-1-10(6-24-15)3-13(23)8-26-18-27-9-14(30-18)12-4-11-5-16(29)28-17(11)25-7-12/h1-2,4,6-7,9,13H,3,5,8,23H2,(H,26,27)(H,25,28,29)/t13-/m1/s1. The van der Waals surface area contributed by atoms with Crippen molar-refractivity contribution in [1.82, 2.24) is 15.0 Å². The Morgan fingerprint density at radius 1 is 1.20 bits per heavy atom. The van der Waals surface area contributed by atoms with E-state index in [-0.39, 0.29) is 11.9 Å². The zero-order valence-corrected chi connectivity index (χ0v) is 16.3. The molecule has 3 aromatic heterocycles. The number of hydrogen-bond acceptors (Lipinski definition) is 7. The number of halogens is 3. The molecule has 1 aliphatic rings. The predicted molar refractivity (Wildman–Crippen MR) is 107 cm³/mol. The number of amides is 1. The van der Waals surface area contributed by atoms with E-state index in [1.807, 2.05) is 6.07 Å². The van der Waals surface area contributed by atoms with Gasteiger partial charge in [-0.3, -0.25) is 9.78 Å². The zero-order valence-electron chi connectivity index (χ0n) is 15.5. The van der Waals surface area contributed by atoms with Crippen molar-refractivity contribution >= 4 is 28.2 Å². The van der Waals surface area contributed by atoms with Gasteiger partial charge in [-0.1, -0.05) is 17.4 Å². The monoisotopic (exact) mass is 434 g/mol. The van der Waals surface area contributed by atoms with E-state index in [0.29, 0.717) is 35.9 Å². The number of pyridine rings is 2. The minimum Gasteiger partial charge on any atom is -0.360 e. The lowest BCUT2D eigenvalue weighted by Gasteiger charge is -2.12. The van der Waals surface area contributed by atoms with Crippen LogP contribution in [0.25, 0.3) is 10.4 Å². The highest BCUT2D eigenvalue weighted by molar-refractivity contribution is 7.18. The fourth-order valence-corrected chi connectivity index (χ4v) is 3.84. The van der Waals surface area contributed by atoms with E-state index >= 15 is 0 Å². The highest BCUT2D eigenvalue weighted by Gasteiger charge is 2.32. The molecule has 156 valence electrons. The Kier molecular flexibility index (Phi) is 5.39. The number of hydrogen-bond donors (Lipinski definition) is 3. The SMILES string of the molecule is N[C@@H](CNc1ncc(-c2cnc3c(c2)CC(=O)N3)s1)Cc1ccc(C(F)(F)F)nc1. The lowest BCUT2D eigenvalue weighted by atomic mass is 10.1. The number of rotatable bonds is 6. The van der Waals surface area contributed by atoms with Gasteiger partial charge in [-0.25, -0.2) is 9.97 Å². The second kappa shape index (κ2) is 8.00. The van der Waals surface area contributed by atoms with E-state index in [0.717, 1.165) is 22.1 Å². The third kappa shape index (κ3) is 4.57.